The number of nitrogens with two attached hydrogens (primary N) is 1. The molecule has 4 bridgehead atoms. The quantitative estimate of drug-likeness (QED) is 0.309. The van der Waals surface area contributed by atoms with Gasteiger partial charge in [-0.15, -0.1) is 0 Å². The molecule has 3 fully saturated rings. The van der Waals surface area contributed by atoms with Crippen LogP contribution >= 0.6 is 0 Å². The summed E-state index contributed by atoms with van der Waals surface area (Å²) in [4.78, 5) is 38.9. The number of nitrogens with one attached hydrogen (secondary N) is 1. The van der Waals surface area contributed by atoms with E-state index in [-0.39, 0.29) is 36.0 Å². The third-order valence-corrected chi connectivity index (χ3v) is 10.5. The average Bonchev–Trinajstić information content (AvgIpc) is 3.37. The number of aryl methyl sites for hydroxylation is 1. The Morgan fingerprint density at radius 1 is 1.00 bits per heavy atom. The molecule has 1 aromatic carbocycles. The number of imidazole rings is 1. The number of methoxy groups -OCH3 is 1. The van der Waals surface area contributed by atoms with Crippen molar-refractivity contribution in [1.82, 2.24) is 29.3 Å². The highest BCUT2D eigenvalue weighted by Gasteiger charge is 2.47. The smallest absolute Gasteiger partial charge is 0.254 e. The van der Waals surface area contributed by atoms with Gasteiger partial charge < -0.3 is 29.8 Å². The van der Waals surface area contributed by atoms with Gasteiger partial charge in [0.05, 0.1) is 30.1 Å². The number of aromatic nitrogens is 4. The number of hydrogen-bond acceptors (Lipinski definition) is 6. The summed E-state index contributed by atoms with van der Waals surface area (Å²) in [5, 5.41) is 4.20. The van der Waals surface area contributed by atoms with Crippen LogP contribution in [0.4, 0.5) is 0 Å². The number of rotatable bonds is 4. The van der Waals surface area contributed by atoms with Crippen molar-refractivity contribution in [2.24, 2.45) is 5.73 Å². The number of ether oxygens (including phenoxy) is 1. The summed E-state index contributed by atoms with van der Waals surface area (Å²) in [6, 6.07) is 10.7. The molecular weight excluding hydrogens is 566 g/mol. The van der Waals surface area contributed by atoms with Crippen molar-refractivity contribution in [3.63, 3.8) is 0 Å². The van der Waals surface area contributed by atoms with Crippen molar-refractivity contribution >= 4 is 33.9 Å². The van der Waals surface area contributed by atoms with E-state index in [9.17, 15) is 9.59 Å². The topological polar surface area (TPSA) is 120 Å². The third-order valence-electron chi connectivity index (χ3n) is 10.5. The number of pyridine rings is 1. The molecule has 6 heterocycles. The minimum absolute atomic E-state index is 0.0263. The van der Waals surface area contributed by atoms with Crippen LogP contribution in [-0.4, -0.2) is 61.1 Å². The fourth-order valence-electron chi connectivity index (χ4n) is 8.11. The second-order valence-electron chi connectivity index (χ2n) is 13.6. The molecule has 45 heavy (non-hydrogen) atoms. The molecule has 2 saturated heterocycles. The Balaban J connectivity index is 1.26. The lowest BCUT2D eigenvalue weighted by Crippen LogP contribution is -2.40. The Hall–Kier alpha value is -3.92. The van der Waals surface area contributed by atoms with Crippen molar-refractivity contribution in [2.45, 2.75) is 114 Å². The van der Waals surface area contributed by atoms with E-state index in [0.717, 1.165) is 110 Å². The van der Waals surface area contributed by atoms with Crippen molar-refractivity contribution in [3.05, 3.63) is 41.6 Å². The lowest BCUT2D eigenvalue weighted by atomic mass is 9.97. The van der Waals surface area contributed by atoms with Crippen LogP contribution in [-0.2, 0) is 11.3 Å². The van der Waals surface area contributed by atoms with Gasteiger partial charge in [-0.2, -0.15) is 0 Å². The average molecular weight is 610 g/mol. The Kier molecular flexibility index (Phi) is 7.08. The van der Waals surface area contributed by atoms with Gasteiger partial charge in [-0.1, -0.05) is 19.3 Å². The summed E-state index contributed by atoms with van der Waals surface area (Å²) in [5.74, 6) is 1.68. The maximum atomic E-state index is 13.9. The van der Waals surface area contributed by atoms with Gasteiger partial charge >= 0.3 is 0 Å². The van der Waals surface area contributed by atoms with Crippen molar-refractivity contribution in [2.75, 3.05) is 7.11 Å². The van der Waals surface area contributed by atoms with E-state index in [4.69, 9.17) is 20.4 Å². The van der Waals surface area contributed by atoms with Crippen LogP contribution in [0.2, 0.25) is 0 Å². The minimum Gasteiger partial charge on any atom is -0.494 e. The Labute approximate surface area is 263 Å². The molecule has 0 spiro atoms. The first kappa shape index (κ1) is 28.5. The van der Waals surface area contributed by atoms with Crippen LogP contribution in [0.15, 0.2) is 30.3 Å². The molecule has 4 aromatic rings. The summed E-state index contributed by atoms with van der Waals surface area (Å²) in [6.07, 6.45) is 10.8. The Morgan fingerprint density at radius 3 is 2.56 bits per heavy atom. The molecule has 236 valence electrons. The zero-order chi connectivity index (χ0) is 30.8. The fourth-order valence-corrected chi connectivity index (χ4v) is 8.11. The molecule has 10 heteroatoms. The van der Waals surface area contributed by atoms with E-state index >= 15 is 0 Å². The van der Waals surface area contributed by atoms with Gasteiger partial charge in [0.1, 0.15) is 16.9 Å². The molecule has 10 nitrogen and oxygen atoms in total. The summed E-state index contributed by atoms with van der Waals surface area (Å²) in [6.45, 7) is 2.84. The van der Waals surface area contributed by atoms with Crippen LogP contribution in [0.1, 0.15) is 106 Å². The number of amides is 2. The molecule has 1 saturated carbocycles. The van der Waals surface area contributed by atoms with E-state index < -0.39 is 0 Å². The second kappa shape index (κ2) is 11.2. The summed E-state index contributed by atoms with van der Waals surface area (Å²) >= 11 is 0. The molecule has 4 atom stereocenters. The maximum absolute atomic E-state index is 13.9. The molecule has 8 rings (SSSR count). The number of hydrogen-bond donors (Lipinski definition) is 2. The number of benzene rings is 1. The van der Waals surface area contributed by atoms with Crippen LogP contribution < -0.4 is 15.8 Å². The van der Waals surface area contributed by atoms with Gasteiger partial charge in [0.15, 0.2) is 5.82 Å². The number of carbonyl (C=O) groups excluding carboxylic acids is 2. The van der Waals surface area contributed by atoms with Gasteiger partial charge in [0, 0.05) is 48.1 Å². The molecule has 0 unspecified atom stereocenters. The van der Waals surface area contributed by atoms with Crippen molar-refractivity contribution < 1.29 is 14.3 Å². The van der Waals surface area contributed by atoms with Crippen LogP contribution in [0, 0.1) is 0 Å². The van der Waals surface area contributed by atoms with E-state index in [1.807, 2.05) is 30.0 Å². The SMILES string of the molecule is COc1cc(C(=O)N2[C@H]3CC[C@@H]2[C@H](N)C3)cc2nc(-c3cc4ccc5nc4n3CCCCCCCC(=O)N[C@@H]5C)n(C3CC3)c12. The fraction of sp³-hybridized carbons (Fsp3) is 0.543. The van der Waals surface area contributed by atoms with E-state index in [1.54, 1.807) is 7.11 Å². The summed E-state index contributed by atoms with van der Waals surface area (Å²) < 4.78 is 10.6. The number of nitrogens with zero attached hydrogens (tertiary/aromatic N) is 5. The van der Waals surface area contributed by atoms with Crippen molar-refractivity contribution in [3.8, 4) is 17.3 Å². The highest BCUT2D eigenvalue weighted by atomic mass is 16.5. The highest BCUT2D eigenvalue weighted by molar-refractivity contribution is 6.01. The van der Waals surface area contributed by atoms with Gasteiger partial charge in [0.25, 0.3) is 5.91 Å². The van der Waals surface area contributed by atoms with Crippen LogP contribution in [0.5, 0.6) is 5.75 Å². The van der Waals surface area contributed by atoms with Gasteiger partial charge in [-0.3, -0.25) is 9.59 Å². The number of fused-ring (bicyclic) bond motifs is 4. The molecule has 2 amide bonds. The first-order chi connectivity index (χ1) is 21.9. The van der Waals surface area contributed by atoms with E-state index in [0.29, 0.717) is 23.8 Å². The normalized spacial score (nSPS) is 25.7. The van der Waals surface area contributed by atoms with Gasteiger partial charge in [-0.05, 0) is 82.2 Å². The highest BCUT2D eigenvalue weighted by Crippen LogP contribution is 2.45. The molecule has 3 N–H and O–H groups in total. The zero-order valence-corrected chi connectivity index (χ0v) is 26.3. The van der Waals surface area contributed by atoms with E-state index in [1.165, 1.54) is 0 Å². The number of carbonyl (C=O) groups is 2. The molecule has 4 aliphatic rings. The second-order valence-corrected chi connectivity index (χ2v) is 13.6. The molecule has 3 aromatic heterocycles. The zero-order valence-electron chi connectivity index (χ0n) is 26.3. The van der Waals surface area contributed by atoms with Gasteiger partial charge in [-0.25, -0.2) is 9.97 Å². The maximum Gasteiger partial charge on any atom is 0.254 e. The first-order valence-electron chi connectivity index (χ1n) is 16.9. The van der Waals surface area contributed by atoms with Gasteiger partial charge in [0.2, 0.25) is 5.91 Å². The predicted octanol–water partition coefficient (Wildman–Crippen LogP) is 5.63. The molecule has 0 radical (unpaired) electrons. The van der Waals surface area contributed by atoms with Crippen molar-refractivity contribution in [1.29, 1.82) is 0 Å². The largest absolute Gasteiger partial charge is 0.494 e. The Bertz CT molecular complexity index is 1800. The molecule has 1 aliphatic carbocycles. The van der Waals surface area contributed by atoms with Crippen LogP contribution in [0.3, 0.4) is 0 Å². The monoisotopic (exact) mass is 609 g/mol. The molecular formula is C35H43N7O3. The lowest BCUT2D eigenvalue weighted by molar-refractivity contribution is -0.121. The first-order valence-corrected chi connectivity index (χ1v) is 16.9. The standard InChI is InChI=1S/C35H43N7O3/c1-20-26-13-9-21-17-29(40(33(21)38-26)15-7-5-3-4-6-8-31(43)37-20)34-39-27-16-22(18-30(45-2)32(27)42(34)23-10-11-23)35(44)41-24-12-14-28(41)25(36)19-24/h9,13,16-18,20,23-25,28H,3-8,10-12,14-15,19,36H2,1-2H3,(H,37,43)/t20-,24+,25-,28-/m1/s1. The third kappa shape index (κ3) is 4.88. The van der Waals surface area contributed by atoms with E-state index in [2.05, 4.69) is 26.6 Å². The predicted molar refractivity (Wildman–Crippen MR) is 173 cm³/mol. The molecule has 3 aliphatic heterocycles. The van der Waals surface area contributed by atoms with Crippen LogP contribution in [0.25, 0.3) is 33.6 Å². The summed E-state index contributed by atoms with van der Waals surface area (Å²) in [7, 11) is 1.68. The minimum atomic E-state index is -0.173. The lowest BCUT2D eigenvalue weighted by Gasteiger charge is -2.23. The summed E-state index contributed by atoms with van der Waals surface area (Å²) in [5.41, 5.74) is 11.5. The Morgan fingerprint density at radius 2 is 1.80 bits per heavy atom.